The molecule has 1 aliphatic heterocycles. The fourth-order valence-corrected chi connectivity index (χ4v) is 5.20. The van der Waals surface area contributed by atoms with Crippen molar-refractivity contribution in [2.45, 2.75) is 96.6 Å². The Hall–Kier alpha value is -1.26. The van der Waals surface area contributed by atoms with Crippen molar-refractivity contribution in [3.8, 4) is 0 Å². The molecule has 3 aliphatic rings. The van der Waals surface area contributed by atoms with Gasteiger partial charge in [-0.3, -0.25) is 4.79 Å². The molecule has 3 rings (SSSR count). The number of urea groups is 1. The summed E-state index contributed by atoms with van der Waals surface area (Å²) in [5.74, 6) is 0.285. The van der Waals surface area contributed by atoms with Crippen molar-refractivity contribution in [1.82, 2.24) is 15.5 Å². The van der Waals surface area contributed by atoms with E-state index in [1.165, 1.54) is 44.9 Å². The molecule has 0 aromatic heterocycles. The van der Waals surface area contributed by atoms with E-state index in [1.807, 2.05) is 18.7 Å². The SMILES string of the molecule is CC(C)C(=O)N1CCC(NC(=O)NC2CCC3(CCCCC3)CC2)CC1. The van der Waals surface area contributed by atoms with Gasteiger partial charge in [0.2, 0.25) is 5.91 Å². The third kappa shape index (κ3) is 4.92. The van der Waals surface area contributed by atoms with Crippen LogP contribution in [0.15, 0.2) is 0 Å². The predicted molar refractivity (Wildman–Crippen MR) is 104 cm³/mol. The second kappa shape index (κ2) is 8.62. The topological polar surface area (TPSA) is 61.4 Å². The molecule has 1 spiro atoms. The lowest BCUT2D eigenvalue weighted by Gasteiger charge is -2.43. The van der Waals surface area contributed by atoms with Crippen LogP contribution in [-0.2, 0) is 4.79 Å². The van der Waals surface area contributed by atoms with Gasteiger partial charge in [0.1, 0.15) is 0 Å². The zero-order valence-electron chi connectivity index (χ0n) is 16.7. The molecule has 0 unspecified atom stereocenters. The first-order chi connectivity index (χ1) is 12.5. The van der Waals surface area contributed by atoms with E-state index in [1.54, 1.807) is 0 Å². The second-order valence-corrected chi connectivity index (χ2v) is 9.21. The maximum Gasteiger partial charge on any atom is 0.315 e. The number of hydrogen-bond donors (Lipinski definition) is 2. The van der Waals surface area contributed by atoms with Gasteiger partial charge in [0.25, 0.3) is 0 Å². The molecule has 2 aliphatic carbocycles. The number of rotatable bonds is 3. The standard InChI is InChI=1S/C21H37N3O2/c1-16(2)19(25)24-14-8-18(9-15-24)23-20(26)22-17-6-12-21(13-7-17)10-4-3-5-11-21/h16-18H,3-15H2,1-2H3,(H2,22,23,26). The van der Waals surface area contributed by atoms with Gasteiger partial charge in [0.05, 0.1) is 0 Å². The summed E-state index contributed by atoms with van der Waals surface area (Å²) in [5, 5.41) is 6.35. The summed E-state index contributed by atoms with van der Waals surface area (Å²) in [7, 11) is 0. The third-order valence-electron chi connectivity index (χ3n) is 6.93. The molecule has 0 aromatic carbocycles. The van der Waals surface area contributed by atoms with Crippen LogP contribution in [0.5, 0.6) is 0 Å². The van der Waals surface area contributed by atoms with Gasteiger partial charge in [-0.2, -0.15) is 0 Å². The van der Waals surface area contributed by atoms with E-state index in [4.69, 9.17) is 0 Å². The lowest BCUT2D eigenvalue weighted by Crippen LogP contribution is -2.52. The molecule has 1 saturated heterocycles. The van der Waals surface area contributed by atoms with Gasteiger partial charge in [-0.1, -0.05) is 33.1 Å². The third-order valence-corrected chi connectivity index (χ3v) is 6.93. The van der Waals surface area contributed by atoms with Crippen LogP contribution in [0.2, 0.25) is 0 Å². The molecule has 2 N–H and O–H groups in total. The van der Waals surface area contributed by atoms with Gasteiger partial charge in [0.15, 0.2) is 0 Å². The predicted octanol–water partition coefficient (Wildman–Crippen LogP) is 3.83. The number of amides is 3. The van der Waals surface area contributed by atoms with Crippen LogP contribution >= 0.6 is 0 Å². The van der Waals surface area contributed by atoms with E-state index in [0.717, 1.165) is 38.8 Å². The van der Waals surface area contributed by atoms with Crippen molar-refractivity contribution in [3.05, 3.63) is 0 Å². The molecule has 3 fully saturated rings. The Bertz CT molecular complexity index is 481. The number of carbonyl (C=O) groups is 2. The summed E-state index contributed by atoms with van der Waals surface area (Å²) >= 11 is 0. The lowest BCUT2D eigenvalue weighted by atomic mass is 9.64. The minimum atomic E-state index is -0.0109. The lowest BCUT2D eigenvalue weighted by molar-refractivity contribution is -0.135. The fourth-order valence-electron chi connectivity index (χ4n) is 5.20. The zero-order valence-corrected chi connectivity index (χ0v) is 16.7. The summed E-state index contributed by atoms with van der Waals surface area (Å²) in [6.45, 7) is 5.41. The van der Waals surface area contributed by atoms with Gasteiger partial charge < -0.3 is 15.5 Å². The van der Waals surface area contributed by atoms with E-state index < -0.39 is 0 Å². The van der Waals surface area contributed by atoms with Crippen LogP contribution in [0.4, 0.5) is 4.79 Å². The van der Waals surface area contributed by atoms with E-state index >= 15 is 0 Å². The molecule has 5 heteroatoms. The summed E-state index contributed by atoms with van der Waals surface area (Å²) in [5.41, 5.74) is 0.600. The molecule has 3 amide bonds. The highest BCUT2D eigenvalue weighted by atomic mass is 16.2. The molecule has 148 valence electrons. The van der Waals surface area contributed by atoms with Gasteiger partial charge in [-0.15, -0.1) is 0 Å². The smallest absolute Gasteiger partial charge is 0.315 e. The maximum atomic E-state index is 12.4. The molecular formula is C21H37N3O2. The Morgan fingerprint density at radius 2 is 1.38 bits per heavy atom. The first kappa shape index (κ1) is 19.5. The molecule has 0 aromatic rings. The fraction of sp³-hybridized carbons (Fsp3) is 0.905. The Kier molecular flexibility index (Phi) is 6.46. The average molecular weight is 364 g/mol. The molecule has 1 heterocycles. The summed E-state index contributed by atoms with van der Waals surface area (Å²) in [6, 6.07) is 0.521. The molecule has 2 saturated carbocycles. The number of nitrogens with zero attached hydrogens (tertiary/aromatic N) is 1. The minimum Gasteiger partial charge on any atom is -0.342 e. The number of likely N-dealkylation sites (tertiary alicyclic amines) is 1. The van der Waals surface area contributed by atoms with Crippen LogP contribution in [0, 0.1) is 11.3 Å². The number of hydrogen-bond acceptors (Lipinski definition) is 2. The van der Waals surface area contributed by atoms with E-state index in [0.29, 0.717) is 11.5 Å². The second-order valence-electron chi connectivity index (χ2n) is 9.21. The highest BCUT2D eigenvalue weighted by molar-refractivity contribution is 5.78. The van der Waals surface area contributed by atoms with Crippen LogP contribution in [0.3, 0.4) is 0 Å². The summed E-state index contributed by atoms with van der Waals surface area (Å²) < 4.78 is 0. The maximum absolute atomic E-state index is 12.4. The van der Waals surface area contributed by atoms with Gasteiger partial charge in [-0.25, -0.2) is 4.79 Å². The van der Waals surface area contributed by atoms with Crippen LogP contribution in [-0.4, -0.2) is 42.0 Å². The number of piperidine rings is 1. The monoisotopic (exact) mass is 363 g/mol. The summed E-state index contributed by atoms with van der Waals surface area (Å²) in [4.78, 5) is 26.3. The Morgan fingerprint density at radius 1 is 0.846 bits per heavy atom. The van der Waals surface area contributed by atoms with Gasteiger partial charge >= 0.3 is 6.03 Å². The van der Waals surface area contributed by atoms with Crippen LogP contribution in [0.1, 0.15) is 84.5 Å². The van der Waals surface area contributed by atoms with Gasteiger partial charge in [-0.05, 0) is 56.8 Å². The minimum absolute atomic E-state index is 0.0109. The summed E-state index contributed by atoms with van der Waals surface area (Å²) in [6.07, 6.45) is 13.6. The quantitative estimate of drug-likeness (QED) is 0.800. The van der Waals surface area contributed by atoms with Gasteiger partial charge in [0, 0.05) is 31.1 Å². The first-order valence-corrected chi connectivity index (χ1v) is 10.8. The van der Waals surface area contributed by atoms with Crippen molar-refractivity contribution in [1.29, 1.82) is 0 Å². The normalized spacial score (nSPS) is 24.7. The average Bonchev–Trinajstić information content (AvgIpc) is 2.64. The Balaban J connectivity index is 1.36. The van der Waals surface area contributed by atoms with Crippen molar-refractivity contribution >= 4 is 11.9 Å². The van der Waals surface area contributed by atoms with Crippen molar-refractivity contribution in [2.24, 2.45) is 11.3 Å². The zero-order chi connectivity index (χ0) is 18.6. The highest BCUT2D eigenvalue weighted by Crippen LogP contribution is 2.47. The number of carbonyl (C=O) groups excluding carboxylic acids is 2. The van der Waals surface area contributed by atoms with Crippen molar-refractivity contribution in [2.75, 3.05) is 13.1 Å². The highest BCUT2D eigenvalue weighted by Gasteiger charge is 2.36. The molecular weight excluding hydrogens is 326 g/mol. The number of nitrogens with one attached hydrogen (secondary N) is 2. The molecule has 0 atom stereocenters. The van der Waals surface area contributed by atoms with E-state index in [2.05, 4.69) is 10.6 Å². The first-order valence-electron chi connectivity index (χ1n) is 10.8. The van der Waals surface area contributed by atoms with Crippen LogP contribution < -0.4 is 10.6 Å². The Labute approximate surface area is 158 Å². The molecule has 26 heavy (non-hydrogen) atoms. The molecule has 5 nitrogen and oxygen atoms in total. The molecule has 0 radical (unpaired) electrons. The van der Waals surface area contributed by atoms with E-state index in [9.17, 15) is 9.59 Å². The Morgan fingerprint density at radius 3 is 1.92 bits per heavy atom. The van der Waals surface area contributed by atoms with Crippen LogP contribution in [0.25, 0.3) is 0 Å². The van der Waals surface area contributed by atoms with E-state index in [-0.39, 0.29) is 23.9 Å². The molecule has 0 bridgehead atoms. The largest absolute Gasteiger partial charge is 0.342 e. The van der Waals surface area contributed by atoms with Crippen molar-refractivity contribution in [3.63, 3.8) is 0 Å². The van der Waals surface area contributed by atoms with Crippen molar-refractivity contribution < 1.29 is 9.59 Å².